The van der Waals surface area contributed by atoms with E-state index < -0.39 is 0 Å². The topological polar surface area (TPSA) is 58.1 Å². The van der Waals surface area contributed by atoms with Gasteiger partial charge < -0.3 is 25.0 Å². The van der Waals surface area contributed by atoms with Crippen molar-refractivity contribution in [3.8, 4) is 0 Å². The van der Waals surface area contributed by atoms with Crippen LogP contribution in [-0.2, 0) is 16.0 Å². The van der Waals surface area contributed by atoms with Crippen molar-refractivity contribution in [3.63, 3.8) is 0 Å². The number of nitrogens with one attached hydrogen (secondary N) is 2. The number of hydrogen-bond donors (Lipinski definition) is 2. The van der Waals surface area contributed by atoms with Crippen LogP contribution in [-0.4, -0.2) is 59.1 Å². The molecule has 0 saturated carbocycles. The molecule has 0 aromatic heterocycles. The molecule has 6 nitrogen and oxygen atoms in total. The monoisotopic (exact) mass is 380 g/mol. The summed E-state index contributed by atoms with van der Waals surface area (Å²) in [5.41, 5.74) is 1.52. The highest BCUT2D eigenvalue weighted by Gasteiger charge is 2.15. The number of benzene rings is 1. The Morgan fingerprint density at radius 2 is 2.04 bits per heavy atom. The molecule has 2 N–H and O–H groups in total. The Labute approximate surface area is 162 Å². The zero-order valence-electron chi connectivity index (χ0n) is 16.8. The van der Waals surface area contributed by atoms with Crippen molar-refractivity contribution in [2.45, 2.75) is 26.8 Å². The van der Waals surface area contributed by atoms with Crippen molar-refractivity contribution in [3.05, 3.63) is 29.6 Å². The van der Waals surface area contributed by atoms with E-state index in [1.54, 1.807) is 13.1 Å². The highest BCUT2D eigenvalue weighted by atomic mass is 19.1. The number of hydrogen-bond acceptors (Lipinski definition) is 4. The van der Waals surface area contributed by atoms with E-state index in [1.807, 2.05) is 17.0 Å². The van der Waals surface area contributed by atoms with E-state index in [-0.39, 0.29) is 5.82 Å². The highest BCUT2D eigenvalue weighted by molar-refractivity contribution is 5.79. The van der Waals surface area contributed by atoms with E-state index in [4.69, 9.17) is 9.47 Å². The predicted molar refractivity (Wildman–Crippen MR) is 108 cm³/mol. The number of guanidine groups is 1. The Hall–Kier alpha value is -1.86. The molecule has 1 aliphatic heterocycles. The quantitative estimate of drug-likeness (QED) is 0.391. The van der Waals surface area contributed by atoms with Crippen molar-refractivity contribution in [2.75, 3.05) is 58.0 Å². The van der Waals surface area contributed by atoms with Crippen LogP contribution in [0.4, 0.5) is 10.1 Å². The van der Waals surface area contributed by atoms with Gasteiger partial charge in [-0.05, 0) is 30.0 Å². The van der Waals surface area contributed by atoms with E-state index in [9.17, 15) is 4.39 Å². The maximum absolute atomic E-state index is 14.4. The molecule has 0 amide bonds. The van der Waals surface area contributed by atoms with E-state index in [0.29, 0.717) is 50.5 Å². The predicted octanol–water partition coefficient (Wildman–Crippen LogP) is 2.39. The van der Waals surface area contributed by atoms with Gasteiger partial charge in [0.1, 0.15) is 5.82 Å². The Morgan fingerprint density at radius 3 is 2.70 bits per heavy atom. The summed E-state index contributed by atoms with van der Waals surface area (Å²) in [4.78, 5) is 6.21. The van der Waals surface area contributed by atoms with E-state index in [2.05, 4.69) is 29.5 Å². The first-order chi connectivity index (χ1) is 13.1. The van der Waals surface area contributed by atoms with Gasteiger partial charge in [0.2, 0.25) is 0 Å². The SMILES string of the molecule is CN=C(NCCOCCC(C)C)NCc1ccc(N2CCOCC2)c(F)c1. The van der Waals surface area contributed by atoms with Gasteiger partial charge in [-0.25, -0.2) is 4.39 Å². The third-order valence-electron chi connectivity index (χ3n) is 4.43. The number of anilines is 1. The van der Waals surface area contributed by atoms with Gasteiger partial charge >= 0.3 is 0 Å². The zero-order chi connectivity index (χ0) is 19.5. The fraction of sp³-hybridized carbons (Fsp3) is 0.650. The van der Waals surface area contributed by atoms with Crippen LogP contribution in [0.1, 0.15) is 25.8 Å². The molecule has 0 spiro atoms. The largest absolute Gasteiger partial charge is 0.380 e. The van der Waals surface area contributed by atoms with Gasteiger partial charge in [-0.1, -0.05) is 19.9 Å². The van der Waals surface area contributed by atoms with Gasteiger partial charge in [0.05, 0.1) is 25.5 Å². The average Bonchev–Trinajstić information content (AvgIpc) is 2.67. The number of rotatable bonds is 9. The van der Waals surface area contributed by atoms with Gasteiger partial charge in [0.15, 0.2) is 5.96 Å². The van der Waals surface area contributed by atoms with Crippen LogP contribution >= 0.6 is 0 Å². The standard InChI is InChI=1S/C20H33FN4O2/c1-16(2)6-10-26-11-7-23-20(22-3)24-15-17-4-5-19(18(21)14-17)25-8-12-27-13-9-25/h4-5,14,16H,6-13,15H2,1-3H3,(H2,22,23,24). The summed E-state index contributed by atoms with van der Waals surface area (Å²) in [6.45, 7) is 9.71. The minimum atomic E-state index is -0.197. The summed E-state index contributed by atoms with van der Waals surface area (Å²) >= 11 is 0. The first kappa shape index (κ1) is 21.4. The van der Waals surface area contributed by atoms with Gasteiger partial charge in [0, 0.05) is 39.8 Å². The summed E-state index contributed by atoms with van der Waals surface area (Å²) in [5.74, 6) is 1.14. The second-order valence-electron chi connectivity index (χ2n) is 7.03. The van der Waals surface area contributed by atoms with Gasteiger partial charge in [-0.3, -0.25) is 4.99 Å². The van der Waals surface area contributed by atoms with Crippen LogP contribution in [0.25, 0.3) is 0 Å². The Morgan fingerprint density at radius 1 is 1.26 bits per heavy atom. The molecule has 2 rings (SSSR count). The molecule has 0 radical (unpaired) electrons. The third-order valence-corrected chi connectivity index (χ3v) is 4.43. The van der Waals surface area contributed by atoms with Crippen molar-refractivity contribution in [1.82, 2.24) is 10.6 Å². The van der Waals surface area contributed by atoms with E-state index in [0.717, 1.165) is 31.7 Å². The number of aliphatic imine (C=N–C) groups is 1. The van der Waals surface area contributed by atoms with Crippen LogP contribution < -0.4 is 15.5 Å². The molecular formula is C20H33FN4O2. The second kappa shape index (κ2) is 11.8. The lowest BCUT2D eigenvalue weighted by Crippen LogP contribution is -2.38. The molecule has 27 heavy (non-hydrogen) atoms. The summed E-state index contributed by atoms with van der Waals surface area (Å²) in [6, 6.07) is 5.37. The van der Waals surface area contributed by atoms with Gasteiger partial charge in [0.25, 0.3) is 0 Å². The smallest absolute Gasteiger partial charge is 0.191 e. The number of ether oxygens (including phenoxy) is 2. The Kier molecular flexibility index (Phi) is 9.35. The van der Waals surface area contributed by atoms with Crippen LogP contribution in [0.2, 0.25) is 0 Å². The molecule has 0 bridgehead atoms. The van der Waals surface area contributed by atoms with Crippen LogP contribution in [0.3, 0.4) is 0 Å². The molecule has 1 heterocycles. The zero-order valence-corrected chi connectivity index (χ0v) is 16.8. The molecule has 1 aromatic rings. The van der Waals surface area contributed by atoms with E-state index >= 15 is 0 Å². The van der Waals surface area contributed by atoms with Crippen LogP contribution in [0.15, 0.2) is 23.2 Å². The lowest BCUT2D eigenvalue weighted by molar-refractivity contribution is 0.122. The molecule has 152 valence electrons. The number of halogens is 1. The molecular weight excluding hydrogens is 347 g/mol. The fourth-order valence-corrected chi connectivity index (χ4v) is 2.79. The maximum atomic E-state index is 14.4. The van der Waals surface area contributed by atoms with Crippen molar-refractivity contribution >= 4 is 11.6 Å². The molecule has 1 saturated heterocycles. The molecule has 7 heteroatoms. The molecule has 0 atom stereocenters. The molecule has 0 unspecified atom stereocenters. The van der Waals surface area contributed by atoms with Crippen LogP contribution in [0.5, 0.6) is 0 Å². The van der Waals surface area contributed by atoms with Crippen molar-refractivity contribution < 1.29 is 13.9 Å². The molecule has 1 fully saturated rings. The number of nitrogens with zero attached hydrogens (tertiary/aromatic N) is 2. The van der Waals surface area contributed by atoms with Crippen LogP contribution in [0, 0.1) is 11.7 Å². The minimum Gasteiger partial charge on any atom is -0.380 e. The van der Waals surface area contributed by atoms with Gasteiger partial charge in [-0.15, -0.1) is 0 Å². The highest BCUT2D eigenvalue weighted by Crippen LogP contribution is 2.21. The number of morpholine rings is 1. The fourth-order valence-electron chi connectivity index (χ4n) is 2.79. The summed E-state index contributed by atoms with van der Waals surface area (Å²) in [6.07, 6.45) is 1.07. The summed E-state index contributed by atoms with van der Waals surface area (Å²) in [5, 5.41) is 6.41. The summed E-state index contributed by atoms with van der Waals surface area (Å²) in [7, 11) is 1.72. The van der Waals surface area contributed by atoms with Gasteiger partial charge in [-0.2, -0.15) is 0 Å². The lowest BCUT2D eigenvalue weighted by Gasteiger charge is -2.29. The second-order valence-corrected chi connectivity index (χ2v) is 7.03. The molecule has 0 aliphatic carbocycles. The molecule has 1 aromatic carbocycles. The van der Waals surface area contributed by atoms with E-state index in [1.165, 1.54) is 0 Å². The maximum Gasteiger partial charge on any atom is 0.191 e. The van der Waals surface area contributed by atoms with Crippen molar-refractivity contribution in [1.29, 1.82) is 0 Å². The first-order valence-corrected chi connectivity index (χ1v) is 9.73. The van der Waals surface area contributed by atoms with Crippen molar-refractivity contribution in [2.24, 2.45) is 10.9 Å². The first-order valence-electron chi connectivity index (χ1n) is 9.73. The lowest BCUT2D eigenvalue weighted by atomic mass is 10.1. The Balaban J connectivity index is 1.73. The molecule has 1 aliphatic rings. The average molecular weight is 381 g/mol. The third kappa shape index (κ3) is 7.72. The Bertz CT molecular complexity index is 589. The summed E-state index contributed by atoms with van der Waals surface area (Å²) < 4.78 is 25.3. The normalized spacial score (nSPS) is 15.3. The minimum absolute atomic E-state index is 0.197.